The van der Waals surface area contributed by atoms with Gasteiger partial charge >= 0.3 is 5.97 Å². The fourth-order valence-corrected chi connectivity index (χ4v) is 4.12. The highest BCUT2D eigenvalue weighted by molar-refractivity contribution is 7.17. The minimum absolute atomic E-state index is 0.0433. The lowest BCUT2D eigenvalue weighted by Crippen LogP contribution is -2.16. The van der Waals surface area contributed by atoms with Crippen molar-refractivity contribution in [1.29, 1.82) is 0 Å². The van der Waals surface area contributed by atoms with E-state index in [9.17, 15) is 9.59 Å². The molecule has 0 radical (unpaired) electrons. The molecule has 1 unspecified atom stereocenters. The van der Waals surface area contributed by atoms with Gasteiger partial charge in [-0.1, -0.05) is 6.92 Å². The largest absolute Gasteiger partial charge is 0.465 e. The molecule has 1 aromatic rings. The average Bonchev–Trinajstić information content (AvgIpc) is 3.20. The third-order valence-electron chi connectivity index (χ3n) is 4.09. The Morgan fingerprint density at radius 1 is 1.30 bits per heavy atom. The van der Waals surface area contributed by atoms with Gasteiger partial charge in [-0.3, -0.25) is 4.79 Å². The van der Waals surface area contributed by atoms with Gasteiger partial charge in [0.1, 0.15) is 5.00 Å². The second-order valence-corrected chi connectivity index (χ2v) is 6.92. The number of amides is 1. The number of hydrogen-bond acceptors (Lipinski definition) is 4. The Kier molecular flexibility index (Phi) is 3.54. The van der Waals surface area contributed by atoms with Gasteiger partial charge in [0.25, 0.3) is 0 Å². The molecule has 1 saturated carbocycles. The first-order valence-electron chi connectivity index (χ1n) is 7.13. The lowest BCUT2D eigenvalue weighted by molar-refractivity contribution is -0.117. The van der Waals surface area contributed by atoms with E-state index in [0.717, 1.165) is 37.7 Å². The molecular weight excluding hydrogens is 274 g/mol. The predicted molar refractivity (Wildman–Crippen MR) is 78.2 cm³/mol. The monoisotopic (exact) mass is 293 g/mol. The van der Waals surface area contributed by atoms with Gasteiger partial charge in [0.15, 0.2) is 0 Å². The van der Waals surface area contributed by atoms with Gasteiger partial charge in [-0.2, -0.15) is 0 Å². The molecule has 20 heavy (non-hydrogen) atoms. The van der Waals surface area contributed by atoms with E-state index in [1.165, 1.54) is 12.0 Å². The number of rotatable bonds is 3. The smallest absolute Gasteiger partial charge is 0.341 e. The van der Waals surface area contributed by atoms with Gasteiger partial charge in [0.05, 0.1) is 12.7 Å². The average molecular weight is 293 g/mol. The molecule has 2 aliphatic carbocycles. The van der Waals surface area contributed by atoms with Crippen molar-refractivity contribution < 1.29 is 14.3 Å². The zero-order valence-corrected chi connectivity index (χ0v) is 12.6. The lowest BCUT2D eigenvalue weighted by atomic mass is 9.88. The molecule has 1 amide bonds. The molecule has 0 bridgehead atoms. The minimum Gasteiger partial charge on any atom is -0.465 e. The topological polar surface area (TPSA) is 55.4 Å². The van der Waals surface area contributed by atoms with Crippen LogP contribution in [-0.2, 0) is 22.4 Å². The molecule has 1 fully saturated rings. The van der Waals surface area contributed by atoms with Crippen molar-refractivity contribution in [2.24, 2.45) is 11.8 Å². The summed E-state index contributed by atoms with van der Waals surface area (Å²) in [4.78, 5) is 25.2. The number of thiophene rings is 1. The molecule has 0 aromatic carbocycles. The highest BCUT2D eigenvalue weighted by Gasteiger charge is 2.33. The maximum atomic E-state index is 12.0. The third-order valence-corrected chi connectivity index (χ3v) is 5.26. The Bertz CT molecular complexity index is 560. The number of nitrogens with one attached hydrogen (secondary N) is 1. The molecule has 5 heteroatoms. The summed E-state index contributed by atoms with van der Waals surface area (Å²) in [6.45, 7) is 2.23. The third kappa shape index (κ3) is 2.46. The SMILES string of the molecule is COC(=O)c1c(NC(=O)C2CC2)sc2c1CCC(C)C2. The first-order valence-corrected chi connectivity index (χ1v) is 7.95. The Hall–Kier alpha value is -1.36. The van der Waals surface area contributed by atoms with Crippen molar-refractivity contribution in [1.82, 2.24) is 0 Å². The van der Waals surface area contributed by atoms with Crippen LogP contribution in [-0.4, -0.2) is 19.0 Å². The molecule has 2 aliphatic rings. The number of carbonyl (C=O) groups is 2. The van der Waals surface area contributed by atoms with Gasteiger partial charge in [-0.05, 0) is 43.6 Å². The number of fused-ring (bicyclic) bond motifs is 1. The summed E-state index contributed by atoms with van der Waals surface area (Å²) in [7, 11) is 1.39. The number of hydrogen-bond donors (Lipinski definition) is 1. The number of ether oxygens (including phenoxy) is 1. The van der Waals surface area contributed by atoms with Gasteiger partial charge in [0.2, 0.25) is 5.91 Å². The Labute approximate surface area is 122 Å². The zero-order valence-electron chi connectivity index (χ0n) is 11.8. The van der Waals surface area contributed by atoms with E-state index < -0.39 is 0 Å². The standard InChI is InChI=1S/C15H19NO3S/c1-8-3-6-10-11(7-8)20-14(12(10)15(18)19-2)16-13(17)9-4-5-9/h8-9H,3-7H2,1-2H3,(H,16,17). The quantitative estimate of drug-likeness (QED) is 0.872. The maximum absolute atomic E-state index is 12.0. The first kappa shape index (κ1) is 13.6. The summed E-state index contributed by atoms with van der Waals surface area (Å²) in [5.41, 5.74) is 1.68. The van der Waals surface area contributed by atoms with Crippen LogP contribution in [0, 0.1) is 11.8 Å². The van der Waals surface area contributed by atoms with E-state index in [1.807, 2.05) is 0 Å². The van der Waals surface area contributed by atoms with E-state index in [-0.39, 0.29) is 17.8 Å². The van der Waals surface area contributed by atoms with Crippen molar-refractivity contribution >= 4 is 28.2 Å². The molecule has 0 aliphatic heterocycles. The summed E-state index contributed by atoms with van der Waals surface area (Å²) < 4.78 is 4.90. The lowest BCUT2D eigenvalue weighted by Gasteiger charge is -2.18. The van der Waals surface area contributed by atoms with Gasteiger partial charge < -0.3 is 10.1 Å². The van der Waals surface area contributed by atoms with E-state index in [1.54, 1.807) is 11.3 Å². The van der Waals surface area contributed by atoms with Crippen molar-refractivity contribution in [3.8, 4) is 0 Å². The molecule has 1 aromatic heterocycles. The molecule has 1 N–H and O–H groups in total. The molecule has 1 heterocycles. The summed E-state index contributed by atoms with van der Waals surface area (Å²) in [6.07, 6.45) is 4.90. The zero-order chi connectivity index (χ0) is 14.3. The van der Waals surface area contributed by atoms with E-state index in [4.69, 9.17) is 4.74 Å². The van der Waals surface area contributed by atoms with Gasteiger partial charge in [-0.15, -0.1) is 11.3 Å². The fraction of sp³-hybridized carbons (Fsp3) is 0.600. The number of carbonyl (C=O) groups excluding carboxylic acids is 2. The number of methoxy groups -OCH3 is 1. The van der Waals surface area contributed by atoms with Crippen molar-refractivity contribution in [2.45, 2.75) is 39.0 Å². The van der Waals surface area contributed by atoms with E-state index in [0.29, 0.717) is 16.5 Å². The van der Waals surface area contributed by atoms with Crippen LogP contribution in [0.15, 0.2) is 0 Å². The Morgan fingerprint density at radius 3 is 2.70 bits per heavy atom. The summed E-state index contributed by atoms with van der Waals surface area (Å²) in [5, 5.41) is 3.63. The van der Waals surface area contributed by atoms with Crippen LogP contribution in [0.5, 0.6) is 0 Å². The maximum Gasteiger partial charge on any atom is 0.341 e. The van der Waals surface area contributed by atoms with Crippen molar-refractivity contribution in [3.63, 3.8) is 0 Å². The van der Waals surface area contributed by atoms with Crippen molar-refractivity contribution in [3.05, 3.63) is 16.0 Å². The highest BCUT2D eigenvalue weighted by Crippen LogP contribution is 2.41. The second kappa shape index (κ2) is 5.20. The van der Waals surface area contributed by atoms with Crippen LogP contribution in [0.1, 0.15) is 47.0 Å². The molecular formula is C15H19NO3S. The molecule has 3 rings (SSSR count). The van der Waals surface area contributed by atoms with Gasteiger partial charge in [0, 0.05) is 10.8 Å². The van der Waals surface area contributed by atoms with E-state index >= 15 is 0 Å². The van der Waals surface area contributed by atoms with Crippen molar-refractivity contribution in [2.75, 3.05) is 12.4 Å². The number of esters is 1. The van der Waals surface area contributed by atoms with Crippen LogP contribution in [0.2, 0.25) is 0 Å². The van der Waals surface area contributed by atoms with Crippen LogP contribution in [0.4, 0.5) is 5.00 Å². The van der Waals surface area contributed by atoms with Crippen LogP contribution in [0.3, 0.4) is 0 Å². The second-order valence-electron chi connectivity index (χ2n) is 5.81. The number of anilines is 1. The molecule has 108 valence electrons. The normalized spacial score (nSPS) is 21.2. The minimum atomic E-state index is -0.330. The highest BCUT2D eigenvalue weighted by atomic mass is 32.1. The summed E-state index contributed by atoms with van der Waals surface area (Å²) in [6, 6.07) is 0. The fourth-order valence-electron chi connectivity index (χ4n) is 2.72. The van der Waals surface area contributed by atoms with Crippen LogP contribution < -0.4 is 5.32 Å². The predicted octanol–water partition coefficient (Wildman–Crippen LogP) is 3.01. The summed E-state index contributed by atoms with van der Waals surface area (Å²) >= 11 is 1.55. The Balaban J connectivity index is 1.94. The van der Waals surface area contributed by atoms with Crippen LogP contribution >= 0.6 is 11.3 Å². The van der Waals surface area contributed by atoms with E-state index in [2.05, 4.69) is 12.2 Å². The van der Waals surface area contributed by atoms with Gasteiger partial charge in [-0.25, -0.2) is 4.79 Å². The summed E-state index contributed by atoms with van der Waals surface area (Å²) in [5.74, 6) is 0.488. The molecule has 4 nitrogen and oxygen atoms in total. The molecule has 0 spiro atoms. The molecule has 1 atom stereocenters. The first-order chi connectivity index (χ1) is 9.60. The van der Waals surface area contributed by atoms with Crippen LogP contribution in [0.25, 0.3) is 0 Å². The molecule has 0 saturated heterocycles. The Morgan fingerprint density at radius 2 is 2.05 bits per heavy atom.